The van der Waals surface area contributed by atoms with Gasteiger partial charge in [0.05, 0.1) is 30.4 Å². The van der Waals surface area contributed by atoms with Crippen molar-refractivity contribution in [1.29, 1.82) is 0 Å². The molecule has 0 amide bonds. The normalized spacial score (nSPS) is 23.6. The maximum Gasteiger partial charge on any atom is 0.0957 e. The van der Waals surface area contributed by atoms with E-state index >= 15 is 0 Å². The van der Waals surface area contributed by atoms with Gasteiger partial charge in [0.15, 0.2) is 0 Å². The highest BCUT2D eigenvalue weighted by Gasteiger charge is 2.33. The zero-order chi connectivity index (χ0) is 13.5. The number of ether oxygens (including phenoxy) is 1. The summed E-state index contributed by atoms with van der Waals surface area (Å²) in [6.07, 6.45) is 6.29. The Morgan fingerprint density at radius 3 is 3.15 bits per heavy atom. The zero-order valence-corrected chi connectivity index (χ0v) is 12.1. The highest BCUT2D eigenvalue weighted by molar-refractivity contribution is 7.10. The second kappa shape index (κ2) is 4.98. The number of fused-ring (bicyclic) bond motifs is 3. The molecule has 1 unspecified atom stereocenters. The van der Waals surface area contributed by atoms with Crippen LogP contribution in [0, 0.1) is 5.92 Å². The van der Waals surface area contributed by atoms with Crippen molar-refractivity contribution in [1.82, 2.24) is 9.55 Å². The molecule has 2 atom stereocenters. The maximum atomic E-state index is 10.6. The van der Waals surface area contributed by atoms with Crippen molar-refractivity contribution in [3.8, 4) is 11.3 Å². The Morgan fingerprint density at radius 1 is 1.45 bits per heavy atom. The Hall–Kier alpha value is -1.17. The molecule has 106 valence electrons. The summed E-state index contributed by atoms with van der Waals surface area (Å²) < 4.78 is 7.60. The maximum absolute atomic E-state index is 10.6. The molecule has 1 fully saturated rings. The number of imidazole rings is 1. The minimum atomic E-state index is -0.257. The number of aromatic nitrogens is 2. The van der Waals surface area contributed by atoms with Crippen LogP contribution in [0.4, 0.5) is 0 Å². The Kier molecular flexibility index (Phi) is 3.13. The minimum absolute atomic E-state index is 0.250. The third kappa shape index (κ3) is 1.92. The third-order valence-corrected chi connectivity index (χ3v) is 5.57. The van der Waals surface area contributed by atoms with E-state index < -0.39 is 0 Å². The summed E-state index contributed by atoms with van der Waals surface area (Å²) in [4.78, 5) is 5.63. The van der Waals surface area contributed by atoms with Gasteiger partial charge in [-0.15, -0.1) is 11.3 Å². The summed E-state index contributed by atoms with van der Waals surface area (Å²) in [5.41, 5.74) is 2.47. The lowest BCUT2D eigenvalue weighted by atomic mass is 9.89. The van der Waals surface area contributed by atoms with Crippen molar-refractivity contribution in [3.63, 3.8) is 0 Å². The number of aliphatic hydroxyl groups excluding tert-OH is 1. The lowest BCUT2D eigenvalue weighted by molar-refractivity contribution is 0.00163. The molecule has 0 spiro atoms. The van der Waals surface area contributed by atoms with Crippen LogP contribution in [-0.4, -0.2) is 34.0 Å². The summed E-state index contributed by atoms with van der Waals surface area (Å²) in [5, 5.41) is 12.7. The van der Waals surface area contributed by atoms with E-state index in [0.717, 1.165) is 32.5 Å². The molecule has 0 bridgehead atoms. The molecule has 4 nitrogen and oxygen atoms in total. The zero-order valence-electron chi connectivity index (χ0n) is 11.2. The van der Waals surface area contributed by atoms with Gasteiger partial charge in [0.2, 0.25) is 0 Å². The van der Waals surface area contributed by atoms with Crippen LogP contribution in [0.25, 0.3) is 11.3 Å². The highest BCUT2D eigenvalue weighted by Crippen LogP contribution is 2.45. The van der Waals surface area contributed by atoms with E-state index in [1.807, 2.05) is 12.5 Å². The van der Waals surface area contributed by atoms with Gasteiger partial charge in [0, 0.05) is 23.7 Å². The number of nitrogens with zero attached hydrogens (tertiary/aromatic N) is 2. The number of rotatable bonds is 3. The summed E-state index contributed by atoms with van der Waals surface area (Å²) in [6, 6.07) is 2.41. The summed E-state index contributed by atoms with van der Waals surface area (Å²) in [7, 11) is 0. The average Bonchev–Trinajstić information content (AvgIpc) is 3.16. The standard InChI is InChI=1S/C15H18N2O2S/c18-14(10-1-4-19-5-2-10)7-12-15-11(3-6-20-15)13-8-16-9-17(12)13/h3,6,8-10,12,14,18H,1-2,4-5,7H2/t12-,14?/m1/s1. The molecule has 0 radical (unpaired) electrons. The van der Waals surface area contributed by atoms with Crippen molar-refractivity contribution in [2.24, 2.45) is 5.92 Å². The second-order valence-electron chi connectivity index (χ2n) is 5.65. The summed E-state index contributed by atoms with van der Waals surface area (Å²) in [6.45, 7) is 1.57. The van der Waals surface area contributed by atoms with Crippen LogP contribution in [0.3, 0.4) is 0 Å². The molecule has 0 aromatic carbocycles. The topological polar surface area (TPSA) is 47.3 Å². The van der Waals surface area contributed by atoms with E-state index in [1.54, 1.807) is 11.3 Å². The van der Waals surface area contributed by atoms with Gasteiger partial charge < -0.3 is 14.4 Å². The first-order chi connectivity index (χ1) is 9.84. The first-order valence-corrected chi connectivity index (χ1v) is 8.08. The monoisotopic (exact) mass is 290 g/mol. The van der Waals surface area contributed by atoms with Crippen LogP contribution in [0.1, 0.15) is 30.2 Å². The van der Waals surface area contributed by atoms with Gasteiger partial charge in [0.25, 0.3) is 0 Å². The summed E-state index contributed by atoms with van der Waals surface area (Å²) >= 11 is 1.79. The van der Waals surface area contributed by atoms with Crippen molar-refractivity contribution >= 4 is 11.3 Å². The third-order valence-electron chi connectivity index (χ3n) is 4.55. The molecule has 1 saturated heterocycles. The Morgan fingerprint density at radius 2 is 2.30 bits per heavy atom. The van der Waals surface area contributed by atoms with Gasteiger partial charge in [-0.3, -0.25) is 0 Å². The van der Waals surface area contributed by atoms with Gasteiger partial charge in [-0.2, -0.15) is 0 Å². The quantitative estimate of drug-likeness (QED) is 0.945. The number of hydrogen-bond donors (Lipinski definition) is 1. The van der Waals surface area contributed by atoms with Gasteiger partial charge >= 0.3 is 0 Å². The van der Waals surface area contributed by atoms with E-state index in [1.165, 1.54) is 16.1 Å². The Bertz CT molecular complexity index is 560. The molecular weight excluding hydrogens is 272 g/mol. The van der Waals surface area contributed by atoms with Gasteiger partial charge in [-0.25, -0.2) is 4.98 Å². The van der Waals surface area contributed by atoms with Crippen LogP contribution in [0.5, 0.6) is 0 Å². The Balaban J connectivity index is 1.57. The number of aliphatic hydroxyl groups is 1. The van der Waals surface area contributed by atoms with Crippen molar-refractivity contribution < 1.29 is 9.84 Å². The number of hydrogen-bond acceptors (Lipinski definition) is 4. The van der Waals surface area contributed by atoms with Gasteiger partial charge in [-0.05, 0) is 36.6 Å². The van der Waals surface area contributed by atoms with E-state index in [9.17, 15) is 5.11 Å². The smallest absolute Gasteiger partial charge is 0.0957 e. The molecule has 0 aliphatic carbocycles. The van der Waals surface area contributed by atoms with Crippen LogP contribution in [0.15, 0.2) is 24.0 Å². The minimum Gasteiger partial charge on any atom is -0.393 e. The largest absolute Gasteiger partial charge is 0.393 e. The Labute approximate surface area is 122 Å². The first-order valence-electron chi connectivity index (χ1n) is 7.20. The van der Waals surface area contributed by atoms with Crippen LogP contribution in [0.2, 0.25) is 0 Å². The first kappa shape index (κ1) is 12.6. The van der Waals surface area contributed by atoms with Gasteiger partial charge in [0.1, 0.15) is 0 Å². The fourth-order valence-electron chi connectivity index (χ4n) is 3.42. The molecular formula is C15H18N2O2S. The average molecular weight is 290 g/mol. The highest BCUT2D eigenvalue weighted by atomic mass is 32.1. The summed E-state index contributed by atoms with van der Waals surface area (Å²) in [5.74, 6) is 0.375. The van der Waals surface area contributed by atoms with E-state index in [0.29, 0.717) is 5.92 Å². The van der Waals surface area contributed by atoms with Crippen LogP contribution < -0.4 is 0 Å². The van der Waals surface area contributed by atoms with E-state index in [2.05, 4.69) is 21.0 Å². The van der Waals surface area contributed by atoms with Crippen LogP contribution in [-0.2, 0) is 4.74 Å². The van der Waals surface area contributed by atoms with Crippen molar-refractivity contribution in [2.45, 2.75) is 31.4 Å². The predicted octanol–water partition coefficient (Wildman–Crippen LogP) is 2.69. The molecule has 5 heteroatoms. The fourth-order valence-corrected chi connectivity index (χ4v) is 4.44. The lowest BCUT2D eigenvalue weighted by Crippen LogP contribution is -2.29. The second-order valence-corrected chi connectivity index (χ2v) is 6.60. The predicted molar refractivity (Wildman–Crippen MR) is 77.8 cm³/mol. The SMILES string of the molecule is OC(C[C@@H]1c2sccc2-c2cncn21)C1CCOCC1. The molecule has 1 N–H and O–H groups in total. The molecule has 20 heavy (non-hydrogen) atoms. The molecule has 4 rings (SSSR count). The molecule has 2 aromatic rings. The van der Waals surface area contributed by atoms with Crippen LogP contribution >= 0.6 is 11.3 Å². The molecule has 2 aromatic heterocycles. The molecule has 2 aliphatic heterocycles. The molecule has 4 heterocycles. The van der Waals surface area contributed by atoms with E-state index in [-0.39, 0.29) is 12.1 Å². The van der Waals surface area contributed by atoms with Crippen molar-refractivity contribution in [3.05, 3.63) is 28.8 Å². The number of thiophene rings is 1. The fraction of sp³-hybridized carbons (Fsp3) is 0.533. The van der Waals surface area contributed by atoms with Crippen molar-refractivity contribution in [2.75, 3.05) is 13.2 Å². The van der Waals surface area contributed by atoms with Gasteiger partial charge in [-0.1, -0.05) is 0 Å². The molecule has 0 saturated carbocycles. The van der Waals surface area contributed by atoms with E-state index in [4.69, 9.17) is 4.74 Å². The molecule has 2 aliphatic rings. The lowest BCUT2D eigenvalue weighted by Gasteiger charge is -2.28.